The maximum atomic E-state index is 11.2. The number of unbranched alkanes of at least 4 members (excludes halogenated alkanes) is 16. The van der Waals surface area contributed by atoms with E-state index >= 15 is 0 Å². The Bertz CT molecular complexity index is 652. The molecular weight excluding hydrogens is 392 g/mol. The van der Waals surface area contributed by atoms with Crippen molar-refractivity contribution in [3.05, 3.63) is 29.3 Å². The molecule has 0 radical (unpaired) electrons. The lowest BCUT2D eigenvalue weighted by molar-refractivity contribution is 0.483. The van der Waals surface area contributed by atoms with Gasteiger partial charge < -0.3 is 0 Å². The quantitative estimate of drug-likeness (QED) is 0.174. The van der Waals surface area contributed by atoms with Crippen molar-refractivity contribution in [3.8, 4) is 0 Å². The van der Waals surface area contributed by atoms with E-state index in [9.17, 15) is 8.42 Å². The molecule has 3 nitrogen and oxygen atoms in total. The Balaban J connectivity index is 1.90. The van der Waals surface area contributed by atoms with E-state index in [1.807, 2.05) is 13.0 Å². The van der Waals surface area contributed by atoms with Gasteiger partial charge in [0.05, 0.1) is 4.90 Å². The van der Waals surface area contributed by atoms with Crippen LogP contribution in [0.5, 0.6) is 0 Å². The zero-order valence-corrected chi connectivity index (χ0v) is 20.4. The number of rotatable bonds is 19. The van der Waals surface area contributed by atoms with Crippen molar-refractivity contribution in [2.24, 2.45) is 0 Å². The second-order valence-corrected chi connectivity index (χ2v) is 10.4. The molecule has 0 saturated carbocycles. The summed E-state index contributed by atoms with van der Waals surface area (Å²) in [7, 11) is -4.09. The summed E-state index contributed by atoms with van der Waals surface area (Å²) in [4.78, 5) is -0.00819. The Morgan fingerprint density at radius 1 is 0.667 bits per heavy atom. The Hall–Kier alpha value is -0.870. The van der Waals surface area contributed by atoms with E-state index in [4.69, 9.17) is 4.55 Å². The Morgan fingerprint density at radius 3 is 1.43 bits per heavy atom. The van der Waals surface area contributed by atoms with Crippen LogP contribution in [0, 0.1) is 6.92 Å². The average Bonchev–Trinajstić information content (AvgIpc) is 2.70. The molecule has 1 N–H and O–H groups in total. The fraction of sp³-hybridized carbons (Fsp3) is 0.769. The molecule has 0 fully saturated rings. The van der Waals surface area contributed by atoms with Crippen molar-refractivity contribution in [1.29, 1.82) is 0 Å². The summed E-state index contributed by atoms with van der Waals surface area (Å²) >= 11 is 0. The van der Waals surface area contributed by atoms with Gasteiger partial charge in [-0.15, -0.1) is 0 Å². The van der Waals surface area contributed by atoms with Crippen LogP contribution < -0.4 is 0 Å². The number of hydrogen-bond donors (Lipinski definition) is 1. The molecule has 0 spiro atoms. The van der Waals surface area contributed by atoms with Crippen LogP contribution in [-0.2, 0) is 16.5 Å². The largest absolute Gasteiger partial charge is 0.294 e. The van der Waals surface area contributed by atoms with Crippen LogP contribution in [0.25, 0.3) is 0 Å². The highest BCUT2D eigenvalue weighted by Crippen LogP contribution is 2.18. The SMILES string of the molecule is CCCCCCCCCCCCCCCCCCCc1ccc(S(=O)(=O)O)cc1C. The third kappa shape index (κ3) is 13.4. The monoisotopic (exact) mass is 438 g/mol. The summed E-state index contributed by atoms with van der Waals surface area (Å²) in [6.45, 7) is 4.19. The molecule has 1 rings (SSSR count). The minimum Gasteiger partial charge on any atom is -0.282 e. The molecule has 30 heavy (non-hydrogen) atoms. The molecule has 0 aliphatic carbocycles. The predicted octanol–water partition coefficient (Wildman–Crippen LogP) is 8.44. The van der Waals surface area contributed by atoms with E-state index in [1.165, 1.54) is 114 Å². The smallest absolute Gasteiger partial charge is 0.282 e. The predicted molar refractivity (Wildman–Crippen MR) is 129 cm³/mol. The maximum absolute atomic E-state index is 11.2. The van der Waals surface area contributed by atoms with Crippen molar-refractivity contribution in [2.75, 3.05) is 0 Å². The van der Waals surface area contributed by atoms with Gasteiger partial charge in [-0.1, -0.05) is 116 Å². The highest BCUT2D eigenvalue weighted by Gasteiger charge is 2.10. The van der Waals surface area contributed by atoms with E-state index in [0.717, 1.165) is 18.4 Å². The van der Waals surface area contributed by atoms with Gasteiger partial charge in [0.15, 0.2) is 0 Å². The zero-order valence-electron chi connectivity index (χ0n) is 19.6. The van der Waals surface area contributed by atoms with Crippen LogP contribution in [0.4, 0.5) is 0 Å². The fourth-order valence-corrected chi connectivity index (χ4v) is 4.72. The van der Waals surface area contributed by atoms with Crippen LogP contribution in [0.3, 0.4) is 0 Å². The molecule has 1 aromatic rings. The summed E-state index contributed by atoms with van der Waals surface area (Å²) in [5.74, 6) is 0. The van der Waals surface area contributed by atoms with Gasteiger partial charge in [0.25, 0.3) is 10.1 Å². The topological polar surface area (TPSA) is 54.4 Å². The standard InChI is InChI=1S/C26H46O3S/c1-3-4-5-6-7-8-9-10-11-12-13-14-15-16-17-18-19-20-25-21-22-26(23-24(25)2)30(27,28)29/h21-23H,3-20H2,1-2H3,(H,27,28,29). The Kier molecular flexibility index (Phi) is 15.2. The molecular formula is C26H46O3S. The summed E-state index contributed by atoms with van der Waals surface area (Å²) in [5, 5.41) is 0. The molecule has 0 saturated heterocycles. The first-order chi connectivity index (χ1) is 14.4. The van der Waals surface area contributed by atoms with Gasteiger partial charge in [0.1, 0.15) is 0 Å². The summed E-state index contributed by atoms with van der Waals surface area (Å²) < 4.78 is 31.5. The van der Waals surface area contributed by atoms with Gasteiger partial charge in [-0.25, -0.2) is 0 Å². The van der Waals surface area contributed by atoms with E-state index in [1.54, 1.807) is 6.07 Å². The van der Waals surface area contributed by atoms with Crippen molar-refractivity contribution in [2.45, 2.75) is 134 Å². The average molecular weight is 439 g/mol. The second-order valence-electron chi connectivity index (χ2n) is 8.97. The molecule has 0 atom stereocenters. The van der Waals surface area contributed by atoms with Crippen molar-refractivity contribution < 1.29 is 13.0 Å². The lowest BCUT2D eigenvalue weighted by Crippen LogP contribution is -2.00. The third-order valence-corrected chi connectivity index (χ3v) is 7.01. The molecule has 0 heterocycles. The van der Waals surface area contributed by atoms with Gasteiger partial charge in [-0.2, -0.15) is 8.42 Å². The second kappa shape index (κ2) is 16.8. The lowest BCUT2D eigenvalue weighted by Gasteiger charge is -2.07. The molecule has 0 bridgehead atoms. The molecule has 0 amide bonds. The minimum absolute atomic E-state index is 0.00819. The van der Waals surface area contributed by atoms with Crippen molar-refractivity contribution in [1.82, 2.24) is 0 Å². The van der Waals surface area contributed by atoms with Crippen LogP contribution in [-0.4, -0.2) is 13.0 Å². The van der Waals surface area contributed by atoms with E-state index in [0.29, 0.717) is 0 Å². The first-order valence-electron chi connectivity index (χ1n) is 12.5. The Morgan fingerprint density at radius 2 is 1.07 bits per heavy atom. The number of hydrogen-bond acceptors (Lipinski definition) is 2. The van der Waals surface area contributed by atoms with Crippen LogP contribution in [0.2, 0.25) is 0 Å². The number of aryl methyl sites for hydroxylation is 2. The van der Waals surface area contributed by atoms with Gasteiger partial charge in [0, 0.05) is 0 Å². The third-order valence-electron chi connectivity index (χ3n) is 6.16. The minimum atomic E-state index is -4.09. The fourth-order valence-electron chi connectivity index (χ4n) is 4.15. The van der Waals surface area contributed by atoms with Crippen molar-refractivity contribution >= 4 is 10.1 Å². The van der Waals surface area contributed by atoms with Gasteiger partial charge in [0.2, 0.25) is 0 Å². The molecule has 0 aliphatic heterocycles. The first-order valence-corrected chi connectivity index (χ1v) is 14.0. The van der Waals surface area contributed by atoms with Crippen LogP contribution in [0.1, 0.15) is 127 Å². The summed E-state index contributed by atoms with van der Waals surface area (Å²) in [6.07, 6.45) is 24.3. The zero-order chi connectivity index (χ0) is 22.1. The highest BCUT2D eigenvalue weighted by atomic mass is 32.2. The molecule has 1 aromatic carbocycles. The molecule has 174 valence electrons. The van der Waals surface area contributed by atoms with Crippen molar-refractivity contribution in [3.63, 3.8) is 0 Å². The Labute approximate surface area is 186 Å². The molecule has 0 aliphatic rings. The summed E-state index contributed by atoms with van der Waals surface area (Å²) in [6, 6.07) is 4.91. The maximum Gasteiger partial charge on any atom is 0.294 e. The van der Waals surface area contributed by atoms with E-state index in [2.05, 4.69) is 6.92 Å². The number of benzene rings is 1. The van der Waals surface area contributed by atoms with Gasteiger partial charge in [-0.3, -0.25) is 4.55 Å². The molecule has 4 heteroatoms. The summed E-state index contributed by atoms with van der Waals surface area (Å²) in [5.41, 5.74) is 2.13. The van der Waals surface area contributed by atoms with E-state index in [-0.39, 0.29) is 4.90 Å². The van der Waals surface area contributed by atoms with E-state index < -0.39 is 10.1 Å². The highest BCUT2D eigenvalue weighted by molar-refractivity contribution is 7.85. The van der Waals surface area contributed by atoms with Gasteiger partial charge in [-0.05, 0) is 43.0 Å². The molecule has 0 aromatic heterocycles. The van der Waals surface area contributed by atoms with Crippen LogP contribution in [0.15, 0.2) is 23.1 Å². The lowest BCUT2D eigenvalue weighted by atomic mass is 10.0. The molecule has 0 unspecified atom stereocenters. The normalized spacial score (nSPS) is 11.8. The van der Waals surface area contributed by atoms with Crippen LogP contribution >= 0.6 is 0 Å². The van der Waals surface area contributed by atoms with Gasteiger partial charge >= 0.3 is 0 Å². The first kappa shape index (κ1) is 27.2.